The van der Waals surface area contributed by atoms with Crippen LogP contribution in [0.2, 0.25) is 0 Å². The van der Waals surface area contributed by atoms with E-state index < -0.39 is 0 Å². The van der Waals surface area contributed by atoms with Crippen LogP contribution in [-0.4, -0.2) is 17.1 Å². The van der Waals surface area contributed by atoms with Crippen molar-refractivity contribution in [2.24, 2.45) is 0 Å². The zero-order chi connectivity index (χ0) is 21.7. The van der Waals surface area contributed by atoms with Crippen molar-refractivity contribution in [2.45, 2.75) is 19.9 Å². The van der Waals surface area contributed by atoms with E-state index in [1.54, 1.807) is 36.4 Å². The normalized spacial score (nSPS) is 11.6. The number of rotatable bonds is 7. The maximum Gasteiger partial charge on any atom is 0.142 e. The zero-order valence-electron chi connectivity index (χ0n) is 16.7. The molecule has 0 unspecified atom stereocenters. The third-order valence-electron chi connectivity index (χ3n) is 4.73. The van der Waals surface area contributed by atoms with Crippen LogP contribution in [0.15, 0.2) is 60.7 Å². The Labute approximate surface area is 174 Å². The summed E-state index contributed by atoms with van der Waals surface area (Å²) in [6.45, 7) is 3.97. The fraction of sp³-hybridized carbons (Fsp3) is 0.120. The number of allylic oxidation sites excluding steroid dienone is 2. The van der Waals surface area contributed by atoms with Gasteiger partial charge >= 0.3 is 0 Å². The van der Waals surface area contributed by atoms with E-state index in [-0.39, 0.29) is 17.7 Å². The molecule has 0 saturated carbocycles. The van der Waals surface area contributed by atoms with Crippen molar-refractivity contribution >= 4 is 24.7 Å². The number of aldehydes is 2. The fourth-order valence-corrected chi connectivity index (χ4v) is 3.59. The topological polar surface area (TPSA) is 39.1 Å². The van der Waals surface area contributed by atoms with Gasteiger partial charge in [-0.3, -0.25) is 9.59 Å². The molecular weight excluding hydrogens is 384 g/mol. The molecule has 0 bridgehead atoms. The van der Waals surface area contributed by atoms with Crippen LogP contribution in [0.4, 0.5) is 8.78 Å². The Morgan fingerprint density at radius 3 is 1.37 bits per heavy atom. The second-order valence-electron chi connectivity index (χ2n) is 6.99. The average Bonchev–Trinajstić information content (AvgIpc) is 3.06. The molecule has 0 amide bonds. The highest BCUT2D eigenvalue weighted by Gasteiger charge is 2.24. The van der Waals surface area contributed by atoms with Gasteiger partial charge in [-0.1, -0.05) is 24.3 Å². The molecule has 0 N–H and O–H groups in total. The quantitative estimate of drug-likeness (QED) is 0.352. The molecule has 0 saturated heterocycles. The van der Waals surface area contributed by atoms with Crippen LogP contribution in [0, 0.1) is 11.6 Å². The molecule has 0 aliphatic rings. The minimum atomic E-state index is -0.364. The Morgan fingerprint density at radius 1 is 0.700 bits per heavy atom. The summed E-state index contributed by atoms with van der Waals surface area (Å²) in [5, 5.41) is 0. The molecule has 0 atom stereocenters. The molecule has 3 aromatic rings. The standard InChI is InChI=1S/C25H21F2NO2/c1-17(2)28-22(5-3-15-29)24(18-7-11-20(26)12-8-18)25(23(28)6-4-16-30)19-9-13-21(27)14-10-19/h3-17H,1-2H3. The smallest absolute Gasteiger partial charge is 0.142 e. The number of halogens is 2. The Morgan fingerprint density at radius 2 is 1.07 bits per heavy atom. The third kappa shape index (κ3) is 4.20. The number of carbonyl (C=O) groups is 2. The lowest BCUT2D eigenvalue weighted by Crippen LogP contribution is -2.05. The van der Waals surface area contributed by atoms with Crippen molar-refractivity contribution in [2.75, 3.05) is 0 Å². The number of hydrogen-bond acceptors (Lipinski definition) is 2. The summed E-state index contributed by atoms with van der Waals surface area (Å²) in [5.41, 5.74) is 4.46. The minimum Gasteiger partial charge on any atom is -0.338 e. The number of benzene rings is 2. The van der Waals surface area contributed by atoms with Crippen LogP contribution in [0.5, 0.6) is 0 Å². The molecule has 1 aromatic heterocycles. The van der Waals surface area contributed by atoms with Crippen LogP contribution in [-0.2, 0) is 9.59 Å². The van der Waals surface area contributed by atoms with Crippen molar-refractivity contribution in [1.82, 2.24) is 4.57 Å². The molecule has 0 radical (unpaired) electrons. The first kappa shape index (κ1) is 21.1. The molecular formula is C25H21F2NO2. The molecule has 3 nitrogen and oxygen atoms in total. The van der Waals surface area contributed by atoms with Crippen LogP contribution < -0.4 is 0 Å². The van der Waals surface area contributed by atoms with Gasteiger partial charge in [0.1, 0.15) is 24.2 Å². The number of carbonyl (C=O) groups excluding carboxylic acids is 2. The van der Waals surface area contributed by atoms with E-state index in [1.165, 1.54) is 36.4 Å². The number of nitrogens with zero attached hydrogens (tertiary/aromatic N) is 1. The average molecular weight is 405 g/mol. The van der Waals surface area contributed by atoms with E-state index in [9.17, 15) is 18.4 Å². The zero-order valence-corrected chi connectivity index (χ0v) is 16.7. The molecule has 0 spiro atoms. The molecule has 30 heavy (non-hydrogen) atoms. The van der Waals surface area contributed by atoms with Gasteiger partial charge in [-0.05, 0) is 73.5 Å². The molecule has 3 rings (SSSR count). The molecule has 152 valence electrons. The first-order valence-corrected chi connectivity index (χ1v) is 9.51. The van der Waals surface area contributed by atoms with Gasteiger partial charge in [0.05, 0.1) is 11.4 Å². The van der Waals surface area contributed by atoms with Crippen molar-refractivity contribution in [3.8, 4) is 22.3 Å². The van der Waals surface area contributed by atoms with E-state index in [0.29, 0.717) is 12.6 Å². The maximum absolute atomic E-state index is 13.6. The van der Waals surface area contributed by atoms with Crippen LogP contribution in [0.1, 0.15) is 31.3 Å². The van der Waals surface area contributed by atoms with Crippen molar-refractivity contribution < 1.29 is 18.4 Å². The van der Waals surface area contributed by atoms with E-state index >= 15 is 0 Å². The van der Waals surface area contributed by atoms with Gasteiger partial charge in [0.2, 0.25) is 0 Å². The predicted octanol–water partition coefficient (Wildman–Crippen LogP) is 6.11. The first-order chi connectivity index (χ1) is 14.5. The monoisotopic (exact) mass is 405 g/mol. The Kier molecular flexibility index (Phi) is 6.52. The fourth-order valence-electron chi connectivity index (χ4n) is 3.59. The van der Waals surface area contributed by atoms with Crippen molar-refractivity contribution in [3.63, 3.8) is 0 Å². The first-order valence-electron chi connectivity index (χ1n) is 9.51. The highest BCUT2D eigenvalue weighted by Crippen LogP contribution is 2.43. The van der Waals surface area contributed by atoms with Gasteiger partial charge < -0.3 is 4.57 Å². The van der Waals surface area contributed by atoms with Gasteiger partial charge in [0.15, 0.2) is 0 Å². The summed E-state index contributed by atoms with van der Waals surface area (Å²) in [6, 6.07) is 12.1. The highest BCUT2D eigenvalue weighted by molar-refractivity contribution is 5.96. The summed E-state index contributed by atoms with van der Waals surface area (Å²) >= 11 is 0. The molecule has 2 aromatic carbocycles. The van der Waals surface area contributed by atoms with E-state index in [1.807, 2.05) is 18.4 Å². The molecule has 0 aliphatic heterocycles. The molecule has 1 heterocycles. The molecule has 0 fully saturated rings. The van der Waals surface area contributed by atoms with Crippen LogP contribution >= 0.6 is 0 Å². The van der Waals surface area contributed by atoms with Gasteiger partial charge in [-0.2, -0.15) is 0 Å². The van der Waals surface area contributed by atoms with Crippen LogP contribution in [0.3, 0.4) is 0 Å². The lowest BCUT2D eigenvalue weighted by atomic mass is 9.94. The van der Waals surface area contributed by atoms with Gasteiger partial charge in [0.25, 0.3) is 0 Å². The van der Waals surface area contributed by atoms with E-state index in [0.717, 1.165) is 33.6 Å². The van der Waals surface area contributed by atoms with E-state index in [4.69, 9.17) is 0 Å². The summed E-state index contributed by atoms with van der Waals surface area (Å²) in [5.74, 6) is -0.729. The Bertz CT molecular complexity index is 1020. The van der Waals surface area contributed by atoms with Crippen LogP contribution in [0.25, 0.3) is 34.4 Å². The van der Waals surface area contributed by atoms with Crippen molar-refractivity contribution in [3.05, 3.63) is 83.7 Å². The maximum atomic E-state index is 13.6. The lowest BCUT2D eigenvalue weighted by molar-refractivity contribution is -0.104. The summed E-state index contributed by atoms with van der Waals surface area (Å²) in [6.07, 6.45) is 7.54. The second kappa shape index (κ2) is 9.27. The van der Waals surface area contributed by atoms with Crippen molar-refractivity contribution in [1.29, 1.82) is 0 Å². The second-order valence-corrected chi connectivity index (χ2v) is 6.99. The highest BCUT2D eigenvalue weighted by atomic mass is 19.1. The largest absolute Gasteiger partial charge is 0.338 e. The number of aromatic nitrogens is 1. The lowest BCUT2D eigenvalue weighted by Gasteiger charge is -2.15. The third-order valence-corrected chi connectivity index (χ3v) is 4.73. The minimum absolute atomic E-state index is 0.0176. The summed E-state index contributed by atoms with van der Waals surface area (Å²) in [4.78, 5) is 22.2. The Hall–Kier alpha value is -3.60. The van der Waals surface area contributed by atoms with Gasteiger partial charge in [-0.15, -0.1) is 0 Å². The summed E-state index contributed by atoms with van der Waals surface area (Å²) < 4.78 is 29.2. The number of hydrogen-bond donors (Lipinski definition) is 0. The SMILES string of the molecule is CC(C)n1c(C=CC=O)c(-c2ccc(F)cc2)c(-c2ccc(F)cc2)c1C=CC=O. The van der Waals surface area contributed by atoms with Gasteiger partial charge in [-0.25, -0.2) is 8.78 Å². The molecule has 0 aliphatic carbocycles. The predicted molar refractivity (Wildman–Crippen MR) is 116 cm³/mol. The Balaban J connectivity index is 2.49. The van der Waals surface area contributed by atoms with E-state index in [2.05, 4.69) is 0 Å². The summed E-state index contributed by atoms with van der Waals surface area (Å²) in [7, 11) is 0. The molecule has 5 heteroatoms. The van der Waals surface area contributed by atoms with Gasteiger partial charge in [0, 0.05) is 17.2 Å².